The minimum atomic E-state index is -0.0143. The molecular formula is C19H25N3O2. The van der Waals surface area contributed by atoms with Crippen LogP contribution in [0.15, 0.2) is 36.4 Å². The number of carbonyl (C=O) groups is 1. The van der Waals surface area contributed by atoms with Gasteiger partial charge in [-0.25, -0.2) is 0 Å². The lowest BCUT2D eigenvalue weighted by atomic mass is 10.0. The number of hydrogen-bond acceptors (Lipinski definition) is 4. The highest BCUT2D eigenvalue weighted by molar-refractivity contribution is 6.01. The van der Waals surface area contributed by atoms with Crippen LogP contribution in [0.4, 0.5) is 0 Å². The van der Waals surface area contributed by atoms with Crippen LogP contribution >= 0.6 is 0 Å². The van der Waals surface area contributed by atoms with Crippen molar-refractivity contribution in [3.63, 3.8) is 0 Å². The lowest BCUT2D eigenvalue weighted by Crippen LogP contribution is -2.39. The van der Waals surface area contributed by atoms with Gasteiger partial charge in [-0.3, -0.25) is 4.79 Å². The van der Waals surface area contributed by atoms with Gasteiger partial charge in [-0.05, 0) is 38.5 Å². The summed E-state index contributed by atoms with van der Waals surface area (Å²) < 4.78 is 5.79. The van der Waals surface area contributed by atoms with Gasteiger partial charge in [0.25, 0.3) is 5.91 Å². The number of rotatable bonds is 8. The van der Waals surface area contributed by atoms with Gasteiger partial charge in [-0.15, -0.1) is 0 Å². The van der Waals surface area contributed by atoms with Crippen molar-refractivity contribution < 1.29 is 9.53 Å². The van der Waals surface area contributed by atoms with Crippen molar-refractivity contribution in [3.8, 4) is 5.75 Å². The van der Waals surface area contributed by atoms with Gasteiger partial charge in [-0.2, -0.15) is 0 Å². The topological polar surface area (TPSA) is 56.6 Å². The predicted octanol–water partition coefficient (Wildman–Crippen LogP) is 2.63. The highest BCUT2D eigenvalue weighted by atomic mass is 16.5. The van der Waals surface area contributed by atoms with E-state index in [-0.39, 0.29) is 12.5 Å². The molecule has 0 saturated heterocycles. The quantitative estimate of drug-likeness (QED) is 0.758. The molecule has 0 radical (unpaired) electrons. The number of hydrogen-bond donors (Lipinski definition) is 1. The van der Waals surface area contributed by atoms with Crippen LogP contribution in [-0.2, 0) is 4.79 Å². The van der Waals surface area contributed by atoms with E-state index in [0.29, 0.717) is 18.8 Å². The Morgan fingerprint density at radius 3 is 2.46 bits per heavy atom. The van der Waals surface area contributed by atoms with E-state index in [0.717, 1.165) is 22.9 Å². The van der Waals surface area contributed by atoms with Gasteiger partial charge >= 0.3 is 0 Å². The minimum Gasteiger partial charge on any atom is -0.483 e. The van der Waals surface area contributed by atoms with Crippen LogP contribution in [0.25, 0.3) is 10.8 Å². The summed E-state index contributed by atoms with van der Waals surface area (Å²) in [5.74, 6) is 0.660. The fourth-order valence-electron chi connectivity index (χ4n) is 2.56. The number of fused-ring (bicyclic) bond motifs is 1. The third kappa shape index (κ3) is 4.32. The summed E-state index contributed by atoms with van der Waals surface area (Å²) in [6.07, 6.45) is 1.33. The molecule has 128 valence electrons. The molecule has 0 spiro atoms. The van der Waals surface area contributed by atoms with Crippen LogP contribution in [0, 0.1) is 5.41 Å². The molecule has 0 unspecified atom stereocenters. The van der Waals surface area contributed by atoms with Crippen LogP contribution in [0.3, 0.4) is 0 Å². The summed E-state index contributed by atoms with van der Waals surface area (Å²) in [7, 11) is 3.98. The van der Waals surface area contributed by atoms with Crippen molar-refractivity contribution in [1.29, 1.82) is 5.41 Å². The maximum Gasteiger partial charge on any atom is 0.260 e. The van der Waals surface area contributed by atoms with Crippen molar-refractivity contribution >= 4 is 22.9 Å². The van der Waals surface area contributed by atoms with E-state index >= 15 is 0 Å². The van der Waals surface area contributed by atoms with E-state index < -0.39 is 0 Å². The Morgan fingerprint density at radius 1 is 1.12 bits per heavy atom. The molecule has 1 amide bonds. The Bertz CT molecular complexity index is 713. The van der Waals surface area contributed by atoms with E-state index in [1.807, 2.05) is 57.4 Å². The van der Waals surface area contributed by atoms with Crippen LogP contribution in [0.5, 0.6) is 5.75 Å². The van der Waals surface area contributed by atoms with Crippen LogP contribution in [0.2, 0.25) is 0 Å². The van der Waals surface area contributed by atoms with Crippen molar-refractivity contribution in [2.45, 2.75) is 6.92 Å². The van der Waals surface area contributed by atoms with E-state index in [1.165, 1.54) is 6.21 Å². The smallest absolute Gasteiger partial charge is 0.260 e. The van der Waals surface area contributed by atoms with Gasteiger partial charge in [0.2, 0.25) is 0 Å². The fraction of sp³-hybridized carbons (Fsp3) is 0.368. The van der Waals surface area contributed by atoms with Crippen molar-refractivity contribution in [2.75, 3.05) is 40.3 Å². The van der Waals surface area contributed by atoms with Gasteiger partial charge in [0.1, 0.15) is 5.75 Å². The molecule has 0 aromatic heterocycles. The second-order valence-electron chi connectivity index (χ2n) is 5.91. The first-order chi connectivity index (χ1) is 11.6. The molecule has 0 aliphatic rings. The van der Waals surface area contributed by atoms with Crippen molar-refractivity contribution in [2.24, 2.45) is 0 Å². The molecule has 5 heteroatoms. The normalized spacial score (nSPS) is 10.8. The van der Waals surface area contributed by atoms with Crippen LogP contribution in [-0.4, -0.2) is 62.3 Å². The molecule has 5 nitrogen and oxygen atoms in total. The van der Waals surface area contributed by atoms with E-state index in [9.17, 15) is 4.79 Å². The molecule has 0 atom stereocenters. The number of likely N-dealkylation sites (N-methyl/N-ethyl adjacent to an activating group) is 2. The lowest BCUT2D eigenvalue weighted by Gasteiger charge is -2.23. The number of nitrogens with one attached hydrogen (secondary N) is 1. The molecule has 0 fully saturated rings. The summed E-state index contributed by atoms with van der Waals surface area (Å²) in [5, 5.41) is 9.37. The molecule has 2 aromatic carbocycles. The summed E-state index contributed by atoms with van der Waals surface area (Å²) in [5.41, 5.74) is 0.838. The Balaban J connectivity index is 2.10. The van der Waals surface area contributed by atoms with Crippen molar-refractivity contribution in [3.05, 3.63) is 42.0 Å². The third-order valence-electron chi connectivity index (χ3n) is 3.98. The Kier molecular flexibility index (Phi) is 6.32. The second-order valence-corrected chi connectivity index (χ2v) is 5.91. The number of carbonyl (C=O) groups excluding carboxylic acids is 1. The maximum atomic E-state index is 12.4. The molecule has 0 heterocycles. The lowest BCUT2D eigenvalue weighted by molar-refractivity contribution is -0.133. The van der Waals surface area contributed by atoms with Gasteiger partial charge in [-0.1, -0.05) is 24.3 Å². The second kappa shape index (κ2) is 8.45. The maximum absolute atomic E-state index is 12.4. The highest BCUT2D eigenvalue weighted by Crippen LogP contribution is 2.27. The summed E-state index contributed by atoms with van der Waals surface area (Å²) in [6.45, 7) is 4.19. The van der Waals surface area contributed by atoms with Gasteiger partial charge < -0.3 is 19.9 Å². The SMILES string of the molecule is CCN(CCN(C)C)C(=O)COc1ccc(C=N)c2ccccc12. The molecule has 0 bridgehead atoms. The summed E-state index contributed by atoms with van der Waals surface area (Å²) in [4.78, 5) is 16.2. The van der Waals surface area contributed by atoms with Crippen LogP contribution in [0.1, 0.15) is 12.5 Å². The number of amides is 1. The molecule has 0 aliphatic heterocycles. The fourth-order valence-corrected chi connectivity index (χ4v) is 2.56. The minimum absolute atomic E-state index is 0.0143. The van der Waals surface area contributed by atoms with Gasteiger partial charge in [0.15, 0.2) is 6.61 Å². The largest absolute Gasteiger partial charge is 0.483 e. The molecule has 2 aromatic rings. The first-order valence-electron chi connectivity index (χ1n) is 8.14. The van der Waals surface area contributed by atoms with Gasteiger partial charge in [0, 0.05) is 36.8 Å². The zero-order valence-corrected chi connectivity index (χ0v) is 14.6. The van der Waals surface area contributed by atoms with Crippen LogP contribution < -0.4 is 4.74 Å². The zero-order chi connectivity index (χ0) is 17.5. The number of benzene rings is 2. The number of nitrogens with zero attached hydrogens (tertiary/aromatic N) is 2. The molecule has 1 N–H and O–H groups in total. The Hall–Kier alpha value is -2.40. The molecule has 0 aliphatic carbocycles. The average Bonchev–Trinajstić information content (AvgIpc) is 2.59. The average molecular weight is 327 g/mol. The highest BCUT2D eigenvalue weighted by Gasteiger charge is 2.13. The summed E-state index contributed by atoms with van der Waals surface area (Å²) in [6, 6.07) is 11.4. The predicted molar refractivity (Wildman–Crippen MR) is 98.1 cm³/mol. The monoisotopic (exact) mass is 327 g/mol. The van der Waals surface area contributed by atoms with E-state index in [2.05, 4.69) is 4.90 Å². The standard InChI is InChI=1S/C19H25N3O2/c1-4-22(12-11-21(2)3)19(23)14-24-18-10-9-15(13-20)16-7-5-6-8-17(16)18/h5-10,13,20H,4,11-12,14H2,1-3H3. The molecule has 24 heavy (non-hydrogen) atoms. The van der Waals surface area contributed by atoms with Crippen molar-refractivity contribution in [1.82, 2.24) is 9.80 Å². The van der Waals surface area contributed by atoms with E-state index in [4.69, 9.17) is 10.1 Å². The van der Waals surface area contributed by atoms with Gasteiger partial charge in [0.05, 0.1) is 0 Å². The zero-order valence-electron chi connectivity index (χ0n) is 14.6. The number of ether oxygens (including phenoxy) is 1. The first-order valence-corrected chi connectivity index (χ1v) is 8.14. The molecular weight excluding hydrogens is 302 g/mol. The Morgan fingerprint density at radius 2 is 1.83 bits per heavy atom. The Labute approximate surface area is 143 Å². The third-order valence-corrected chi connectivity index (χ3v) is 3.98. The summed E-state index contributed by atoms with van der Waals surface area (Å²) >= 11 is 0. The molecule has 0 saturated carbocycles. The van der Waals surface area contributed by atoms with E-state index in [1.54, 1.807) is 4.90 Å². The molecule has 2 rings (SSSR count). The first kappa shape index (κ1) is 17.9.